The van der Waals surface area contributed by atoms with Crippen molar-refractivity contribution < 1.29 is 24.5 Å². The Balaban J connectivity index is 0.000000192. The SMILES string of the molecule is CCC(CC)c1ccnc(-c2[c-]cc3c(c2)oc2ccc(-c4cc(C)cc5ccccc45)cc23)c1.C[Si](C)(C)c1cnc(-c2[c-]cccc2)cc1CC1CCCCC1.[Ir]. The van der Waals surface area contributed by atoms with Gasteiger partial charge in [0.1, 0.15) is 5.58 Å². The molecule has 59 heavy (non-hydrogen) atoms. The molecular weight excluding hydrogens is 913 g/mol. The predicted molar refractivity (Wildman–Crippen MR) is 249 cm³/mol. The van der Waals surface area contributed by atoms with Crippen molar-refractivity contribution in [2.24, 2.45) is 5.92 Å². The maximum atomic E-state index is 6.29. The van der Waals surface area contributed by atoms with Crippen molar-refractivity contribution in [3.05, 3.63) is 150 Å². The van der Waals surface area contributed by atoms with Crippen LogP contribution in [0, 0.1) is 25.0 Å². The minimum atomic E-state index is -1.36. The topological polar surface area (TPSA) is 38.9 Å². The molecule has 0 bridgehead atoms. The number of pyridine rings is 2. The Morgan fingerprint density at radius 3 is 2.27 bits per heavy atom. The van der Waals surface area contributed by atoms with Crippen LogP contribution >= 0.6 is 0 Å². The number of nitrogens with zero attached hydrogens (tertiary/aromatic N) is 2. The van der Waals surface area contributed by atoms with Crippen molar-refractivity contribution in [2.45, 2.75) is 97.7 Å². The van der Waals surface area contributed by atoms with Crippen LogP contribution in [-0.2, 0) is 26.5 Å². The van der Waals surface area contributed by atoms with Crippen LogP contribution in [0.4, 0.5) is 0 Å². The normalized spacial score (nSPS) is 13.4. The van der Waals surface area contributed by atoms with E-state index in [1.165, 1.54) is 71.6 Å². The number of hydrogen-bond acceptors (Lipinski definition) is 3. The van der Waals surface area contributed by atoms with Crippen LogP contribution in [-0.4, -0.2) is 18.0 Å². The first-order chi connectivity index (χ1) is 28.2. The van der Waals surface area contributed by atoms with Gasteiger partial charge in [-0.1, -0.05) is 149 Å². The summed E-state index contributed by atoms with van der Waals surface area (Å²) in [5.41, 5.74) is 12.5. The summed E-state index contributed by atoms with van der Waals surface area (Å²) in [4.78, 5) is 9.41. The van der Waals surface area contributed by atoms with E-state index in [0.29, 0.717) is 5.92 Å². The van der Waals surface area contributed by atoms with Gasteiger partial charge in [-0.2, -0.15) is 0 Å². The second-order valence-electron chi connectivity index (χ2n) is 17.4. The minimum Gasteiger partial charge on any atom is -0.476 e. The third-order valence-corrected chi connectivity index (χ3v) is 14.3. The van der Waals surface area contributed by atoms with Crippen LogP contribution < -0.4 is 5.19 Å². The largest absolute Gasteiger partial charge is 0.476 e. The van der Waals surface area contributed by atoms with E-state index in [1.54, 1.807) is 10.8 Å². The van der Waals surface area contributed by atoms with Crippen molar-refractivity contribution in [2.75, 3.05) is 0 Å². The Bertz CT molecular complexity index is 2670. The summed E-state index contributed by atoms with van der Waals surface area (Å²) in [6.07, 6.45) is 14.6. The molecule has 0 atom stereocenters. The quantitative estimate of drug-likeness (QED) is 0.107. The van der Waals surface area contributed by atoms with Gasteiger partial charge in [0, 0.05) is 32.5 Å². The zero-order chi connectivity index (χ0) is 40.2. The molecule has 1 aliphatic rings. The van der Waals surface area contributed by atoms with E-state index in [1.807, 2.05) is 18.3 Å². The summed E-state index contributed by atoms with van der Waals surface area (Å²) in [6.45, 7) is 13.9. The molecule has 8 aromatic rings. The number of fused-ring (bicyclic) bond motifs is 4. The maximum absolute atomic E-state index is 6.29. The third-order valence-electron chi connectivity index (χ3n) is 12.3. The first-order valence-corrected chi connectivity index (χ1v) is 25.0. The number of aromatic nitrogens is 2. The second kappa shape index (κ2) is 18.7. The van der Waals surface area contributed by atoms with Crippen LogP contribution in [0.1, 0.15) is 81.4 Å². The van der Waals surface area contributed by atoms with E-state index in [9.17, 15) is 0 Å². The molecule has 1 fully saturated rings. The Morgan fingerprint density at radius 1 is 0.729 bits per heavy atom. The fourth-order valence-corrected chi connectivity index (χ4v) is 10.7. The molecule has 0 aliphatic heterocycles. The fourth-order valence-electron chi connectivity index (χ4n) is 9.08. The molecule has 3 aromatic heterocycles. The molecule has 0 N–H and O–H groups in total. The Kier molecular flexibility index (Phi) is 13.5. The van der Waals surface area contributed by atoms with Crippen molar-refractivity contribution in [1.29, 1.82) is 0 Å². The Morgan fingerprint density at radius 2 is 1.51 bits per heavy atom. The van der Waals surface area contributed by atoms with E-state index in [2.05, 4.69) is 161 Å². The van der Waals surface area contributed by atoms with Gasteiger partial charge in [-0.25, -0.2) is 0 Å². The first kappa shape index (κ1) is 42.5. The zero-order valence-electron chi connectivity index (χ0n) is 35.5. The van der Waals surface area contributed by atoms with Gasteiger partial charge >= 0.3 is 0 Å². The van der Waals surface area contributed by atoms with Gasteiger partial charge in [-0.05, 0) is 99.6 Å². The summed E-state index contributed by atoms with van der Waals surface area (Å²) < 4.78 is 6.29. The van der Waals surface area contributed by atoms with Gasteiger partial charge in [0.15, 0.2) is 0 Å². The Labute approximate surface area is 366 Å². The smallest absolute Gasteiger partial charge is 0.123 e. The van der Waals surface area contributed by atoms with Crippen LogP contribution in [0.3, 0.4) is 0 Å². The van der Waals surface area contributed by atoms with Gasteiger partial charge in [0.25, 0.3) is 0 Å². The number of benzene rings is 5. The third kappa shape index (κ3) is 9.54. The molecule has 1 radical (unpaired) electrons. The van der Waals surface area contributed by atoms with E-state index < -0.39 is 8.07 Å². The molecule has 1 saturated carbocycles. The molecule has 1 aliphatic carbocycles. The van der Waals surface area contributed by atoms with Crippen molar-refractivity contribution in [3.63, 3.8) is 0 Å². The summed E-state index contributed by atoms with van der Waals surface area (Å²) in [5, 5.41) is 6.27. The van der Waals surface area contributed by atoms with Gasteiger partial charge < -0.3 is 14.4 Å². The molecule has 0 spiro atoms. The number of furan rings is 1. The van der Waals surface area contributed by atoms with Gasteiger partial charge in [0.2, 0.25) is 0 Å². The molecule has 5 heteroatoms. The van der Waals surface area contributed by atoms with Gasteiger partial charge in [0.05, 0.1) is 13.7 Å². The molecule has 0 unspecified atom stereocenters. The van der Waals surface area contributed by atoms with E-state index in [0.717, 1.165) is 63.2 Å². The monoisotopic (exact) mass is 969 g/mol. The minimum absolute atomic E-state index is 0. The number of rotatable bonds is 9. The molecule has 0 amide bonds. The van der Waals surface area contributed by atoms with E-state index in [-0.39, 0.29) is 20.1 Å². The van der Waals surface area contributed by atoms with Crippen molar-refractivity contribution >= 4 is 46.0 Å². The molecule has 303 valence electrons. The second-order valence-corrected chi connectivity index (χ2v) is 22.5. The average Bonchev–Trinajstić information content (AvgIpc) is 3.62. The average molecular weight is 969 g/mol. The van der Waals surface area contributed by atoms with Gasteiger partial charge in [-0.3, -0.25) is 0 Å². The van der Waals surface area contributed by atoms with Crippen LogP contribution in [0.15, 0.2) is 126 Å². The molecule has 0 saturated heterocycles. The van der Waals surface area contributed by atoms with Crippen LogP contribution in [0.25, 0.3) is 66.4 Å². The zero-order valence-corrected chi connectivity index (χ0v) is 38.9. The Hall–Kier alpha value is -4.67. The van der Waals surface area contributed by atoms with Crippen molar-refractivity contribution in [3.8, 4) is 33.6 Å². The first-order valence-electron chi connectivity index (χ1n) is 21.5. The summed E-state index contributed by atoms with van der Waals surface area (Å²) in [7, 11) is -1.36. The summed E-state index contributed by atoms with van der Waals surface area (Å²) >= 11 is 0. The molecular formula is C54H56IrN2OSi-2. The van der Waals surface area contributed by atoms with E-state index in [4.69, 9.17) is 9.40 Å². The molecule has 3 nitrogen and oxygen atoms in total. The van der Waals surface area contributed by atoms with Crippen LogP contribution in [0.5, 0.6) is 0 Å². The molecule has 9 rings (SSSR count). The predicted octanol–water partition coefficient (Wildman–Crippen LogP) is 14.7. The maximum Gasteiger partial charge on any atom is 0.123 e. The summed E-state index contributed by atoms with van der Waals surface area (Å²) in [6, 6.07) is 45.4. The number of hydrogen-bond donors (Lipinski definition) is 0. The fraction of sp³-hybridized carbons (Fsp3) is 0.296. The number of aryl methyl sites for hydroxylation is 1. The van der Waals surface area contributed by atoms with Gasteiger partial charge in [-0.15, -0.1) is 53.6 Å². The summed E-state index contributed by atoms with van der Waals surface area (Å²) in [5.74, 6) is 1.43. The standard InChI is InChI=1S/C33H28NO.C21H28NSi.Ir/c1-4-22(5-2)23-14-15-34-31(19-23)26-10-12-28-30-18-25(11-13-32(30)35-33(28)20-26)29-17-21(3)16-24-8-6-7-9-27(24)29;1-23(2,3)21-16-22-20(18-12-8-5-9-13-18)15-19(21)14-17-10-6-4-7-11-17;/h6-9,11-20,22H,4-5H2,1-3H3;5,8-9,12,15-17H,4,6-7,10-11,14H2,1-3H3;/q2*-1;. The molecule has 5 aromatic carbocycles. The van der Waals surface area contributed by atoms with Crippen LogP contribution in [0.2, 0.25) is 19.6 Å². The van der Waals surface area contributed by atoms with Crippen molar-refractivity contribution in [1.82, 2.24) is 9.97 Å². The van der Waals surface area contributed by atoms with E-state index >= 15 is 0 Å². The molecule has 3 heterocycles.